The summed E-state index contributed by atoms with van der Waals surface area (Å²) in [7, 11) is 0. The summed E-state index contributed by atoms with van der Waals surface area (Å²) in [4.78, 5) is 26.9. The molecule has 1 spiro atoms. The monoisotopic (exact) mass is 443 g/mol. The van der Waals surface area contributed by atoms with Crippen LogP contribution in [0.25, 0.3) is 0 Å². The SMILES string of the molecule is C[C@@H]1CCC2[C@@H](C)C(=O)N(C3[C@H](O)O[C@@H](CO)[C@H](O)[C@H]3O)C3OC4(C)CCC1C23OO4. The minimum atomic E-state index is -1.61. The zero-order chi connectivity index (χ0) is 22.3. The standard InChI is InChI=1S/C21H33NO9/c1-9-4-5-12-10(2)17(26)22(14-16(25)15(24)13(8-23)28-18(14)27)19-21(12)11(9)6-7-20(3,29-19)30-31-21/h9-16,18-19,23-25,27H,4-8H2,1-3H3/t9-,10-,11?,12?,13+,14?,15+,16+,18-,19?,20?,21?/m1/s1. The lowest BCUT2D eigenvalue weighted by Crippen LogP contribution is -2.79. The fraction of sp³-hybridized carbons (Fsp3) is 0.952. The van der Waals surface area contributed by atoms with Crippen molar-refractivity contribution in [2.75, 3.05) is 6.61 Å². The Bertz CT molecular complexity index is 738. The minimum absolute atomic E-state index is 0.0625. The Labute approximate surface area is 180 Å². The van der Waals surface area contributed by atoms with Crippen LogP contribution in [-0.2, 0) is 24.0 Å². The number of aliphatic hydroxyl groups is 4. The Morgan fingerprint density at radius 2 is 1.81 bits per heavy atom. The van der Waals surface area contributed by atoms with Gasteiger partial charge in [0.1, 0.15) is 24.4 Å². The molecule has 5 heterocycles. The van der Waals surface area contributed by atoms with Crippen LogP contribution in [-0.4, -0.2) is 86.1 Å². The highest BCUT2D eigenvalue weighted by atomic mass is 17.3. The first kappa shape index (κ1) is 22.0. The number of aliphatic hydroxyl groups excluding tert-OH is 4. The lowest BCUT2D eigenvalue weighted by molar-refractivity contribution is -0.550. The van der Waals surface area contributed by atoms with E-state index in [0.717, 1.165) is 19.3 Å². The summed E-state index contributed by atoms with van der Waals surface area (Å²) in [6, 6.07) is -1.28. The zero-order valence-electron chi connectivity index (χ0n) is 18.1. The first-order valence-corrected chi connectivity index (χ1v) is 11.3. The van der Waals surface area contributed by atoms with E-state index in [4.69, 9.17) is 19.2 Å². The van der Waals surface area contributed by atoms with Gasteiger partial charge >= 0.3 is 0 Å². The maximum absolute atomic E-state index is 13.6. The van der Waals surface area contributed by atoms with Crippen molar-refractivity contribution in [2.45, 2.75) is 94.7 Å². The summed E-state index contributed by atoms with van der Waals surface area (Å²) in [5.74, 6) is -1.60. The summed E-state index contributed by atoms with van der Waals surface area (Å²) in [6.45, 7) is 5.19. The van der Waals surface area contributed by atoms with E-state index >= 15 is 0 Å². The number of ether oxygens (including phenoxy) is 2. The Morgan fingerprint density at radius 3 is 2.52 bits per heavy atom. The number of nitrogens with zero attached hydrogens (tertiary/aromatic N) is 1. The van der Waals surface area contributed by atoms with E-state index in [1.54, 1.807) is 6.92 Å². The molecule has 6 aliphatic rings. The fourth-order valence-electron chi connectivity index (χ4n) is 6.78. The molecule has 12 atom stereocenters. The normalized spacial score (nSPS) is 56.9. The van der Waals surface area contributed by atoms with Gasteiger partial charge in [-0.25, -0.2) is 9.78 Å². The topological polar surface area (TPSA) is 138 Å². The largest absolute Gasteiger partial charge is 0.394 e. The van der Waals surface area contributed by atoms with Crippen LogP contribution in [0.5, 0.6) is 0 Å². The zero-order valence-corrected chi connectivity index (χ0v) is 18.1. The number of hydrogen-bond donors (Lipinski definition) is 4. The fourth-order valence-corrected chi connectivity index (χ4v) is 6.78. The molecule has 0 aromatic carbocycles. The molecular formula is C21H33NO9. The third-order valence-corrected chi connectivity index (χ3v) is 8.49. The Balaban J connectivity index is 1.61. The second kappa shape index (κ2) is 7.33. The Kier molecular flexibility index (Phi) is 5.19. The maximum atomic E-state index is 13.6. The van der Waals surface area contributed by atoms with Gasteiger partial charge in [-0.15, -0.1) is 0 Å². The number of fused-ring (bicyclic) bond motifs is 2. The smallest absolute Gasteiger partial charge is 0.228 e. The predicted octanol–water partition coefficient (Wildman–Crippen LogP) is -0.520. The number of rotatable bonds is 2. The number of amides is 1. The second-order valence-electron chi connectivity index (χ2n) is 10.2. The molecule has 6 fully saturated rings. The van der Waals surface area contributed by atoms with E-state index in [1.807, 2.05) is 6.92 Å². The Hall–Kier alpha value is -0.850. The highest BCUT2D eigenvalue weighted by Crippen LogP contribution is 2.60. The van der Waals surface area contributed by atoms with Crippen LogP contribution >= 0.6 is 0 Å². The lowest BCUT2D eigenvalue weighted by Gasteiger charge is -2.63. The molecule has 0 aromatic heterocycles. The average molecular weight is 443 g/mol. The van der Waals surface area contributed by atoms with Crippen LogP contribution in [0.1, 0.15) is 46.5 Å². The van der Waals surface area contributed by atoms with Crippen LogP contribution in [0, 0.1) is 23.7 Å². The van der Waals surface area contributed by atoms with E-state index in [-0.39, 0.29) is 17.7 Å². The minimum Gasteiger partial charge on any atom is -0.394 e. The van der Waals surface area contributed by atoms with Gasteiger partial charge < -0.3 is 34.8 Å². The van der Waals surface area contributed by atoms with Crippen molar-refractivity contribution in [2.24, 2.45) is 23.7 Å². The van der Waals surface area contributed by atoms with Crippen molar-refractivity contribution in [3.8, 4) is 0 Å². The van der Waals surface area contributed by atoms with Crippen LogP contribution in [0.4, 0.5) is 0 Å². The molecule has 2 bridgehead atoms. The van der Waals surface area contributed by atoms with Gasteiger partial charge in [0.25, 0.3) is 0 Å². The molecule has 6 unspecified atom stereocenters. The Morgan fingerprint density at radius 1 is 1.06 bits per heavy atom. The van der Waals surface area contributed by atoms with Crippen LogP contribution in [0.3, 0.4) is 0 Å². The predicted molar refractivity (Wildman–Crippen MR) is 103 cm³/mol. The summed E-state index contributed by atoms with van der Waals surface area (Å²) < 4.78 is 11.8. The molecule has 176 valence electrons. The third kappa shape index (κ3) is 2.90. The summed E-state index contributed by atoms with van der Waals surface area (Å²) in [5.41, 5.74) is -0.945. The van der Waals surface area contributed by atoms with Crippen molar-refractivity contribution in [3.63, 3.8) is 0 Å². The average Bonchev–Trinajstić information content (AvgIpc) is 2.97. The lowest BCUT2D eigenvalue weighted by atomic mass is 9.56. The van der Waals surface area contributed by atoms with Crippen molar-refractivity contribution >= 4 is 5.91 Å². The van der Waals surface area contributed by atoms with Crippen LogP contribution in [0.2, 0.25) is 0 Å². The number of likely N-dealkylation sites (tertiary alicyclic amines) is 1. The van der Waals surface area contributed by atoms with Gasteiger partial charge in [-0.2, -0.15) is 0 Å². The molecule has 31 heavy (non-hydrogen) atoms. The van der Waals surface area contributed by atoms with Crippen molar-refractivity contribution in [1.82, 2.24) is 4.90 Å². The molecule has 10 heteroatoms. The number of hydrogen-bond acceptors (Lipinski definition) is 9. The quantitative estimate of drug-likeness (QED) is 0.415. The third-order valence-electron chi connectivity index (χ3n) is 8.49. The summed E-state index contributed by atoms with van der Waals surface area (Å²) in [5, 5.41) is 41.5. The molecule has 0 radical (unpaired) electrons. The molecule has 5 saturated heterocycles. The molecule has 4 N–H and O–H groups in total. The van der Waals surface area contributed by atoms with Gasteiger partial charge in [-0.05, 0) is 38.0 Å². The molecule has 0 aromatic rings. The number of carbonyl (C=O) groups excluding carboxylic acids is 1. The van der Waals surface area contributed by atoms with Gasteiger partial charge in [-0.1, -0.05) is 13.8 Å². The molecule has 5 aliphatic heterocycles. The van der Waals surface area contributed by atoms with Gasteiger partial charge in [0.15, 0.2) is 18.1 Å². The first-order valence-electron chi connectivity index (χ1n) is 11.3. The van der Waals surface area contributed by atoms with Gasteiger partial charge in [0, 0.05) is 18.3 Å². The van der Waals surface area contributed by atoms with E-state index in [0.29, 0.717) is 12.3 Å². The second-order valence-corrected chi connectivity index (χ2v) is 10.2. The van der Waals surface area contributed by atoms with Gasteiger partial charge in [0.2, 0.25) is 11.7 Å². The van der Waals surface area contributed by atoms with E-state index < -0.39 is 60.8 Å². The molecule has 10 nitrogen and oxygen atoms in total. The number of piperidine rings is 1. The molecular weight excluding hydrogens is 410 g/mol. The molecule has 1 saturated carbocycles. The van der Waals surface area contributed by atoms with Crippen molar-refractivity contribution in [3.05, 3.63) is 0 Å². The highest BCUT2D eigenvalue weighted by molar-refractivity contribution is 5.81. The van der Waals surface area contributed by atoms with E-state index in [1.165, 1.54) is 4.90 Å². The highest BCUT2D eigenvalue weighted by Gasteiger charge is 2.72. The van der Waals surface area contributed by atoms with E-state index in [9.17, 15) is 25.2 Å². The first-order chi connectivity index (χ1) is 14.6. The van der Waals surface area contributed by atoms with Crippen molar-refractivity contribution < 1.29 is 44.5 Å². The summed E-state index contributed by atoms with van der Waals surface area (Å²) >= 11 is 0. The molecule has 1 amide bonds. The van der Waals surface area contributed by atoms with Crippen LogP contribution in [0.15, 0.2) is 0 Å². The molecule has 1 aliphatic carbocycles. The summed E-state index contributed by atoms with van der Waals surface area (Å²) in [6.07, 6.45) is -3.56. The number of carbonyl (C=O) groups is 1. The molecule has 6 rings (SSSR count). The van der Waals surface area contributed by atoms with E-state index in [2.05, 4.69) is 6.92 Å². The van der Waals surface area contributed by atoms with Crippen molar-refractivity contribution in [1.29, 1.82) is 0 Å². The van der Waals surface area contributed by atoms with Gasteiger partial charge in [-0.3, -0.25) is 4.79 Å². The maximum Gasteiger partial charge on any atom is 0.228 e. The van der Waals surface area contributed by atoms with Gasteiger partial charge in [0.05, 0.1) is 6.61 Å². The van der Waals surface area contributed by atoms with Crippen LogP contribution < -0.4 is 0 Å².